The summed E-state index contributed by atoms with van der Waals surface area (Å²) in [6.07, 6.45) is 4.18. The molecule has 0 saturated carbocycles. The number of halogens is 5. The van der Waals surface area contributed by atoms with E-state index in [1.165, 1.54) is 33.8 Å². The van der Waals surface area contributed by atoms with Gasteiger partial charge in [-0.05, 0) is 94.3 Å². The number of aliphatic hydroxyl groups excluding tert-OH is 1. The molecule has 76 heavy (non-hydrogen) atoms. The second-order valence-corrected chi connectivity index (χ2v) is 21.3. The highest BCUT2D eigenvalue weighted by molar-refractivity contribution is 6.34. The molecule has 5 aliphatic heterocycles. The van der Waals surface area contributed by atoms with Crippen molar-refractivity contribution in [1.29, 1.82) is 0 Å². The normalized spacial score (nSPS) is 23.0. The molecule has 4 atom stereocenters. The average molecular weight is 1070 g/mol. The van der Waals surface area contributed by atoms with Crippen molar-refractivity contribution < 1.29 is 51.3 Å². The fraction of sp³-hybridized carbons (Fsp3) is 0.473. The van der Waals surface area contributed by atoms with Gasteiger partial charge in [0.2, 0.25) is 17.7 Å². The van der Waals surface area contributed by atoms with E-state index in [-0.39, 0.29) is 100 Å². The lowest BCUT2D eigenvalue weighted by atomic mass is 9.77. The summed E-state index contributed by atoms with van der Waals surface area (Å²) in [6, 6.07) is 13.3. The maximum Gasteiger partial charge on any atom is 0.329 e. The maximum atomic E-state index is 16.5. The van der Waals surface area contributed by atoms with Gasteiger partial charge in [0.15, 0.2) is 28.8 Å². The molecule has 5 aliphatic rings. The fourth-order valence-electron chi connectivity index (χ4n) is 12.4. The lowest BCUT2D eigenvalue weighted by Crippen LogP contribution is -2.57. The van der Waals surface area contributed by atoms with Crippen LogP contribution in [0, 0.1) is 29.2 Å². The summed E-state index contributed by atoms with van der Waals surface area (Å²) in [5.41, 5.74) is 5.24. The third kappa shape index (κ3) is 9.75. The van der Waals surface area contributed by atoms with Crippen molar-refractivity contribution in [1.82, 2.24) is 35.1 Å². The van der Waals surface area contributed by atoms with E-state index in [9.17, 15) is 24.3 Å². The molecule has 0 radical (unpaired) electrons. The lowest BCUT2D eigenvalue weighted by molar-refractivity contribution is -0.139. The molecule has 0 spiro atoms. The van der Waals surface area contributed by atoms with Crippen LogP contribution in [0.4, 0.5) is 28.2 Å². The molecule has 0 aliphatic carbocycles. The number of piperidine rings is 3. The topological polar surface area (TPSA) is 188 Å². The Labute approximate surface area is 442 Å². The van der Waals surface area contributed by atoms with E-state index in [2.05, 4.69) is 25.5 Å². The molecule has 4 saturated heterocycles. The Morgan fingerprint density at radius 2 is 1.66 bits per heavy atom. The van der Waals surface area contributed by atoms with Crippen LogP contribution in [-0.2, 0) is 22.2 Å². The van der Waals surface area contributed by atoms with Crippen molar-refractivity contribution in [3.05, 3.63) is 105 Å². The molecule has 1 aromatic heterocycles. The Morgan fingerprint density at radius 1 is 0.921 bits per heavy atom. The van der Waals surface area contributed by atoms with E-state index < -0.39 is 64.3 Å². The second kappa shape index (κ2) is 21.6. The van der Waals surface area contributed by atoms with E-state index >= 15 is 17.6 Å². The number of hydrogen-bond acceptors (Lipinski definition) is 11. The van der Waals surface area contributed by atoms with Crippen LogP contribution in [0.25, 0.3) is 22.0 Å². The highest BCUT2D eigenvalue weighted by Crippen LogP contribution is 2.56. The smallest absolute Gasteiger partial charge is 0.329 e. The molecule has 5 aromatic rings. The van der Waals surface area contributed by atoms with Gasteiger partial charge in [-0.25, -0.2) is 22.4 Å². The highest BCUT2D eigenvalue weighted by Gasteiger charge is 2.51. The predicted molar refractivity (Wildman–Crippen MR) is 276 cm³/mol. The number of carbonyl (C=O) groups excluding carboxylic acids is 4. The summed E-state index contributed by atoms with van der Waals surface area (Å²) in [5.74, 6) is -5.13. The van der Waals surface area contributed by atoms with E-state index in [1.54, 1.807) is 7.05 Å². The molecule has 5 amide bonds. The third-order valence-corrected chi connectivity index (χ3v) is 16.8. The fourth-order valence-corrected chi connectivity index (χ4v) is 12.7. The van der Waals surface area contributed by atoms with Gasteiger partial charge >= 0.3 is 6.03 Å². The van der Waals surface area contributed by atoms with Crippen LogP contribution >= 0.6 is 11.6 Å². The maximum absolute atomic E-state index is 16.5. The molecule has 21 heteroatoms. The number of aromatic nitrogens is 2. The van der Waals surface area contributed by atoms with Crippen LogP contribution in [0.5, 0.6) is 11.5 Å². The van der Waals surface area contributed by atoms with Gasteiger partial charge in [0, 0.05) is 93.0 Å². The van der Waals surface area contributed by atoms with Crippen LogP contribution in [0.2, 0.25) is 5.02 Å². The summed E-state index contributed by atoms with van der Waals surface area (Å²) in [4.78, 5) is 58.9. The quantitative estimate of drug-likeness (QED) is 0.0846. The van der Waals surface area contributed by atoms with Crippen molar-refractivity contribution in [3.8, 4) is 22.6 Å². The van der Waals surface area contributed by atoms with Gasteiger partial charge in [-0.15, -0.1) is 0 Å². The van der Waals surface area contributed by atoms with E-state index in [4.69, 9.17) is 26.8 Å². The van der Waals surface area contributed by atoms with Gasteiger partial charge < -0.3 is 35.4 Å². The molecule has 5 N–H and O–H groups in total. The number of carbonyl (C=O) groups is 4. The van der Waals surface area contributed by atoms with Gasteiger partial charge in [-0.1, -0.05) is 48.9 Å². The number of fused-ring (bicyclic) bond motifs is 2. The number of likely N-dealkylation sites (tertiary alicyclic amines) is 3. The molecule has 4 fully saturated rings. The van der Waals surface area contributed by atoms with Crippen LogP contribution in [-0.4, -0.2) is 138 Å². The Balaban J connectivity index is 0.751. The molecule has 10 rings (SSSR count). The summed E-state index contributed by atoms with van der Waals surface area (Å²) in [6.45, 7) is 5.56. The molecule has 16 nitrogen and oxygen atoms in total. The van der Waals surface area contributed by atoms with Crippen molar-refractivity contribution in [3.63, 3.8) is 0 Å². The lowest BCUT2D eigenvalue weighted by Gasteiger charge is -2.42. The number of rotatable bonds is 14. The van der Waals surface area contributed by atoms with E-state index in [0.29, 0.717) is 69.9 Å². The Kier molecular flexibility index (Phi) is 15.1. The summed E-state index contributed by atoms with van der Waals surface area (Å²) in [5, 5.41) is 19.4. The Hall–Kier alpha value is -6.32. The summed E-state index contributed by atoms with van der Waals surface area (Å²) < 4.78 is 78.1. The number of primary amides is 1. The number of hydrogen-bond donors (Lipinski definition) is 4. The molecule has 4 unspecified atom stereocenters. The first-order valence-corrected chi connectivity index (χ1v) is 26.4. The number of aryl methyl sites for hydroxylation is 1. The largest absolute Gasteiger partial charge is 0.488 e. The SMILES string of the molecule is CC1c2c(cc(F)c(Cl)c2-c2c(C(N)=O)ccc(OCCO)c2F)OC1(CNC1CCC(C(=O)N2CCC(CN3CCC(c4c(F)cc5c(N6CCC(=O)NC6=O)nn(C)c5c4F)CC3)CC2)N(C)C1)c1ccccc1. The summed E-state index contributed by atoms with van der Waals surface area (Å²) >= 11 is 6.73. The number of benzene rings is 4. The second-order valence-electron chi connectivity index (χ2n) is 20.9. The van der Waals surface area contributed by atoms with Gasteiger partial charge in [-0.3, -0.25) is 34.2 Å². The number of anilines is 1. The van der Waals surface area contributed by atoms with E-state index in [1.807, 2.05) is 49.2 Å². The van der Waals surface area contributed by atoms with Crippen LogP contribution < -0.4 is 30.7 Å². The van der Waals surface area contributed by atoms with Gasteiger partial charge in [0.1, 0.15) is 29.5 Å². The number of imide groups is 1. The van der Waals surface area contributed by atoms with Gasteiger partial charge in [0.25, 0.3) is 0 Å². The molecule has 0 bridgehead atoms. The van der Waals surface area contributed by atoms with Crippen LogP contribution in [0.3, 0.4) is 0 Å². The minimum absolute atomic E-state index is 0.0329. The first kappa shape index (κ1) is 53.1. The number of aliphatic hydroxyl groups is 1. The predicted octanol–water partition coefficient (Wildman–Crippen LogP) is 6.93. The highest BCUT2D eigenvalue weighted by atomic mass is 35.5. The first-order chi connectivity index (χ1) is 36.5. The van der Waals surface area contributed by atoms with Gasteiger partial charge in [-0.2, -0.15) is 5.10 Å². The molecule has 6 heterocycles. The average Bonchev–Trinajstić information content (AvgIpc) is 3.91. The Bertz CT molecular complexity index is 3080. The number of nitrogens with two attached hydrogens (primary N) is 1. The monoisotopic (exact) mass is 1070 g/mol. The van der Waals surface area contributed by atoms with E-state index in [0.717, 1.165) is 24.9 Å². The van der Waals surface area contributed by atoms with Crippen molar-refractivity contribution in [2.75, 3.05) is 77.5 Å². The number of likely N-dealkylation sites (N-methyl/N-ethyl adjacent to an activating group) is 1. The van der Waals surface area contributed by atoms with Crippen molar-refractivity contribution in [2.24, 2.45) is 18.7 Å². The zero-order valence-electron chi connectivity index (χ0n) is 42.7. The van der Waals surface area contributed by atoms with Crippen molar-refractivity contribution in [2.45, 2.75) is 81.4 Å². The molecular formula is C55H62ClF4N9O7. The zero-order chi connectivity index (χ0) is 53.7. The standard InChI is InChI=1S/C55H62ClF4N9O7/c1-30-43-41(26-38(58)47(56)46(43)45-35(51(61)72)10-12-40(48(45)59)75-24-23-70)76-55(30,33-7-5-4-6-8-33)29-62-34-9-11-39(65(2)28-34)53(73)68-20-13-31(14-21-68)27-67-18-15-32(16-19-67)44-37(57)25-36-50(49(44)60)66(3)64-52(36)69-22-17-42(71)63-54(69)74/h4-8,10,12,25-26,30-32,34,39,62,70H,9,11,13-24,27-29H2,1-3H3,(H2,61,72)(H,63,71,74). The number of amides is 5. The zero-order valence-corrected chi connectivity index (χ0v) is 43.4. The van der Waals surface area contributed by atoms with Crippen molar-refractivity contribution >= 4 is 52.1 Å². The summed E-state index contributed by atoms with van der Waals surface area (Å²) in [7, 11) is 3.51. The number of nitrogens with zero attached hydrogens (tertiary/aromatic N) is 6. The third-order valence-electron chi connectivity index (χ3n) is 16.4. The molecule has 404 valence electrons. The van der Waals surface area contributed by atoms with Crippen LogP contribution in [0.15, 0.2) is 54.6 Å². The minimum atomic E-state index is -1.16. The number of nitrogens with one attached hydrogen (secondary N) is 2. The minimum Gasteiger partial charge on any atom is -0.488 e. The first-order valence-electron chi connectivity index (χ1n) is 26.0. The molecule has 4 aromatic carbocycles. The number of urea groups is 1. The van der Waals surface area contributed by atoms with Crippen LogP contribution in [0.1, 0.15) is 90.8 Å². The molecular weight excluding hydrogens is 1010 g/mol. The van der Waals surface area contributed by atoms with Gasteiger partial charge in [0.05, 0.1) is 28.6 Å². The number of ether oxygens (including phenoxy) is 2. The Morgan fingerprint density at radius 3 is 2.34 bits per heavy atom.